The predicted molar refractivity (Wildman–Crippen MR) is 301 cm³/mol. The molecule has 1 fully saturated rings. The molecule has 11 nitrogen and oxygen atoms in total. The van der Waals surface area contributed by atoms with Gasteiger partial charge in [0.25, 0.3) is 0 Å². The molecule has 0 aromatic rings. The molecule has 1 rings (SSSR count). The molecule has 0 radical (unpaired) electrons. The second-order valence-electron chi connectivity index (χ2n) is 21.8. The SMILES string of the molecule is CCCCC/C=C/CC/C=C/C(O)C(COC1OC(CO)C(O)C(O)C1O)NC(=O)CCCCCCCCCCCCCCCCCCCCCCCCCCCOC(=O)CCCCCCCCCCCCC. The van der Waals surface area contributed by atoms with Crippen molar-refractivity contribution >= 4 is 11.9 Å². The maximum atomic E-state index is 13.0. The van der Waals surface area contributed by atoms with Crippen LogP contribution in [-0.4, -0.2) is 100 Å². The Bertz CT molecular complexity index is 1260. The smallest absolute Gasteiger partial charge is 0.305 e. The largest absolute Gasteiger partial charge is 0.466 e. The number of unbranched alkanes of at least 4 members (excludes halogenated alkanes) is 38. The number of nitrogens with one attached hydrogen (secondary N) is 1. The highest BCUT2D eigenvalue weighted by Crippen LogP contribution is 2.23. The third kappa shape index (κ3) is 41.9. The molecule has 73 heavy (non-hydrogen) atoms. The van der Waals surface area contributed by atoms with E-state index in [1.54, 1.807) is 6.08 Å². The zero-order valence-electron chi connectivity index (χ0n) is 47.4. The van der Waals surface area contributed by atoms with Crippen LogP contribution in [0.3, 0.4) is 0 Å². The van der Waals surface area contributed by atoms with E-state index in [1.807, 2.05) is 6.08 Å². The highest BCUT2D eigenvalue weighted by molar-refractivity contribution is 5.76. The molecule has 1 heterocycles. The first-order chi connectivity index (χ1) is 35.7. The number of esters is 1. The van der Waals surface area contributed by atoms with Gasteiger partial charge in [-0.2, -0.15) is 0 Å². The second kappa shape index (κ2) is 52.2. The van der Waals surface area contributed by atoms with Gasteiger partial charge in [-0.05, 0) is 44.9 Å². The number of hydrogen-bond acceptors (Lipinski definition) is 10. The molecule has 6 N–H and O–H groups in total. The monoisotopic (exact) mass is 1040 g/mol. The Hall–Kier alpha value is -1.86. The van der Waals surface area contributed by atoms with Gasteiger partial charge in [0.2, 0.25) is 5.91 Å². The fourth-order valence-corrected chi connectivity index (χ4v) is 9.86. The summed E-state index contributed by atoms with van der Waals surface area (Å²) < 4.78 is 16.7. The average molecular weight is 1040 g/mol. The van der Waals surface area contributed by atoms with E-state index in [0.29, 0.717) is 19.4 Å². The van der Waals surface area contributed by atoms with E-state index in [0.717, 1.165) is 57.8 Å². The van der Waals surface area contributed by atoms with E-state index in [9.17, 15) is 35.1 Å². The molecule has 0 spiro atoms. The fourth-order valence-electron chi connectivity index (χ4n) is 9.86. The summed E-state index contributed by atoms with van der Waals surface area (Å²) in [7, 11) is 0. The number of aliphatic hydroxyl groups excluding tert-OH is 5. The second-order valence-corrected chi connectivity index (χ2v) is 21.8. The van der Waals surface area contributed by atoms with Crippen molar-refractivity contribution in [2.24, 2.45) is 0 Å². The summed E-state index contributed by atoms with van der Waals surface area (Å²) in [6, 6.07) is -0.824. The number of allylic oxidation sites excluding steroid dienone is 3. The summed E-state index contributed by atoms with van der Waals surface area (Å²) in [5, 5.41) is 54.2. The molecule has 1 aliphatic rings. The number of amides is 1. The minimum absolute atomic E-state index is 0.00519. The lowest BCUT2D eigenvalue weighted by Crippen LogP contribution is -2.60. The van der Waals surface area contributed by atoms with E-state index < -0.39 is 49.5 Å². The molecule has 7 unspecified atom stereocenters. The molecule has 0 aromatic heterocycles. The summed E-state index contributed by atoms with van der Waals surface area (Å²) in [6.07, 6.45) is 53.1. The highest BCUT2D eigenvalue weighted by Gasteiger charge is 2.44. The van der Waals surface area contributed by atoms with Crippen LogP contribution in [0.15, 0.2) is 24.3 Å². The van der Waals surface area contributed by atoms with Gasteiger partial charge in [0.05, 0.1) is 32.0 Å². The van der Waals surface area contributed by atoms with Gasteiger partial charge in [0.1, 0.15) is 24.4 Å². The molecule has 11 heteroatoms. The van der Waals surface area contributed by atoms with Crippen LogP contribution in [0.4, 0.5) is 0 Å². The quantitative estimate of drug-likeness (QED) is 0.0195. The van der Waals surface area contributed by atoms with Crippen LogP contribution >= 0.6 is 0 Å². The minimum atomic E-state index is -1.57. The van der Waals surface area contributed by atoms with Crippen molar-refractivity contribution in [3.8, 4) is 0 Å². The van der Waals surface area contributed by atoms with Crippen molar-refractivity contribution < 1.29 is 49.3 Å². The predicted octanol–water partition coefficient (Wildman–Crippen LogP) is 14.5. The fraction of sp³-hybridized carbons (Fsp3) is 0.903. The van der Waals surface area contributed by atoms with Crippen molar-refractivity contribution in [1.82, 2.24) is 5.32 Å². The Balaban J connectivity index is 1.97. The standard InChI is InChI=1S/C62H117NO10/c1-3-5-7-9-11-13-29-34-38-42-46-50-58(67)71-51-47-43-39-35-31-28-26-24-22-20-18-16-14-15-17-19-21-23-25-27-30-33-37-41-45-49-57(66)63-54(55(65)48-44-40-36-32-12-10-8-6-4-2)53-72-62-61(70)60(69)59(68)56(52-64)73-62/h12,32,44,48,54-56,59-62,64-65,68-70H,3-11,13-31,33-43,45-47,49-53H2,1-2H3,(H,63,66)/b32-12+,48-44+. The summed E-state index contributed by atoms with van der Waals surface area (Å²) in [6.45, 7) is 4.29. The lowest BCUT2D eigenvalue weighted by atomic mass is 9.99. The van der Waals surface area contributed by atoms with Gasteiger partial charge in [-0.15, -0.1) is 0 Å². The summed E-state index contributed by atoms with van der Waals surface area (Å²) >= 11 is 0. The summed E-state index contributed by atoms with van der Waals surface area (Å²) in [5.74, 6) is -0.187. The van der Waals surface area contributed by atoms with Crippen LogP contribution in [0.5, 0.6) is 0 Å². The summed E-state index contributed by atoms with van der Waals surface area (Å²) in [5.41, 5.74) is 0. The van der Waals surface area contributed by atoms with Crippen molar-refractivity contribution in [1.29, 1.82) is 0 Å². The van der Waals surface area contributed by atoms with Crippen LogP contribution < -0.4 is 5.32 Å². The minimum Gasteiger partial charge on any atom is -0.466 e. The third-order valence-corrected chi connectivity index (χ3v) is 14.8. The molecule has 0 bridgehead atoms. The molecular weight excluding hydrogens is 919 g/mol. The number of ether oxygens (including phenoxy) is 3. The number of carbonyl (C=O) groups excluding carboxylic acids is 2. The maximum Gasteiger partial charge on any atom is 0.305 e. The van der Waals surface area contributed by atoms with E-state index >= 15 is 0 Å². The van der Waals surface area contributed by atoms with Crippen molar-refractivity contribution in [2.45, 2.75) is 339 Å². The zero-order valence-corrected chi connectivity index (χ0v) is 47.4. The Morgan fingerprint density at radius 1 is 0.493 bits per heavy atom. The number of hydrogen-bond donors (Lipinski definition) is 6. The first-order valence-electron chi connectivity index (χ1n) is 31.1. The molecule has 430 valence electrons. The first kappa shape index (κ1) is 69.2. The van der Waals surface area contributed by atoms with Crippen molar-refractivity contribution in [2.75, 3.05) is 19.8 Å². The van der Waals surface area contributed by atoms with E-state index in [-0.39, 0.29) is 18.5 Å². The van der Waals surface area contributed by atoms with Gasteiger partial charge in [0.15, 0.2) is 6.29 Å². The molecule has 1 saturated heterocycles. The van der Waals surface area contributed by atoms with Crippen LogP contribution in [-0.2, 0) is 23.8 Å². The van der Waals surface area contributed by atoms with Gasteiger partial charge in [-0.25, -0.2) is 0 Å². The number of carbonyl (C=O) groups is 2. The average Bonchev–Trinajstić information content (AvgIpc) is 3.39. The highest BCUT2D eigenvalue weighted by atomic mass is 16.7. The number of rotatable bonds is 54. The third-order valence-electron chi connectivity index (χ3n) is 14.8. The topological polar surface area (TPSA) is 175 Å². The first-order valence-corrected chi connectivity index (χ1v) is 31.1. The molecule has 0 aromatic carbocycles. The maximum absolute atomic E-state index is 13.0. The van der Waals surface area contributed by atoms with Crippen LogP contribution in [0.25, 0.3) is 0 Å². The summed E-state index contributed by atoms with van der Waals surface area (Å²) in [4.78, 5) is 25.0. The molecular formula is C62H117NO10. The zero-order chi connectivity index (χ0) is 53.1. The molecule has 7 atom stereocenters. The molecule has 1 amide bonds. The Labute approximate surface area is 448 Å². The molecule has 1 aliphatic heterocycles. The Kier molecular flexibility index (Phi) is 49.5. The normalized spacial score (nSPS) is 19.0. The lowest BCUT2D eigenvalue weighted by molar-refractivity contribution is -0.302. The van der Waals surface area contributed by atoms with E-state index in [1.165, 1.54) is 212 Å². The Morgan fingerprint density at radius 3 is 1.36 bits per heavy atom. The van der Waals surface area contributed by atoms with Crippen LogP contribution in [0.2, 0.25) is 0 Å². The van der Waals surface area contributed by atoms with Gasteiger partial charge in [-0.3, -0.25) is 9.59 Å². The van der Waals surface area contributed by atoms with E-state index in [2.05, 4.69) is 31.3 Å². The molecule has 0 saturated carbocycles. The van der Waals surface area contributed by atoms with Crippen LogP contribution in [0.1, 0.15) is 296 Å². The Morgan fingerprint density at radius 2 is 0.890 bits per heavy atom. The van der Waals surface area contributed by atoms with Crippen molar-refractivity contribution in [3.05, 3.63) is 24.3 Å². The van der Waals surface area contributed by atoms with Gasteiger partial charge < -0.3 is 45.1 Å². The van der Waals surface area contributed by atoms with Crippen molar-refractivity contribution in [3.63, 3.8) is 0 Å². The van der Waals surface area contributed by atoms with Gasteiger partial charge in [-0.1, -0.05) is 263 Å². The van der Waals surface area contributed by atoms with E-state index in [4.69, 9.17) is 14.2 Å². The number of aliphatic hydroxyl groups is 5. The van der Waals surface area contributed by atoms with Gasteiger partial charge >= 0.3 is 5.97 Å². The lowest BCUT2D eigenvalue weighted by Gasteiger charge is -2.40. The molecule has 0 aliphatic carbocycles. The van der Waals surface area contributed by atoms with Crippen LogP contribution in [0, 0.1) is 0 Å². The van der Waals surface area contributed by atoms with Gasteiger partial charge in [0, 0.05) is 12.8 Å².